The zero-order valence-electron chi connectivity index (χ0n) is 21.7. The molecule has 0 nitrogen and oxygen atoms in total. The number of hydrogen-bond donors (Lipinski definition) is 0. The Morgan fingerprint density at radius 2 is 1.09 bits per heavy atom. The van der Waals surface area contributed by atoms with Crippen LogP contribution in [-0.4, -0.2) is 3.21 Å². The van der Waals surface area contributed by atoms with Crippen molar-refractivity contribution in [3.8, 4) is 0 Å². The minimum absolute atomic E-state index is 0.694. The molecule has 0 saturated heterocycles. The summed E-state index contributed by atoms with van der Waals surface area (Å²) < 4.78 is 1.24. The number of halogens is 2. The summed E-state index contributed by atoms with van der Waals surface area (Å²) in [6.45, 7) is 13.1. The second-order valence-corrected chi connectivity index (χ2v) is 18.7. The first-order valence-electron chi connectivity index (χ1n) is 12.6. The maximum absolute atomic E-state index is 5.54. The van der Waals surface area contributed by atoms with Crippen molar-refractivity contribution in [3.63, 3.8) is 0 Å². The van der Waals surface area contributed by atoms with Crippen molar-refractivity contribution in [2.45, 2.75) is 79.1 Å². The van der Waals surface area contributed by atoms with Gasteiger partial charge in [-0.2, -0.15) is 11.1 Å². The Balaban J connectivity index is 0.000000196. The molecule has 34 heavy (non-hydrogen) atoms. The SMILES string of the molecule is CCCC(C)c1c[cH-]c2ccccc12.CCCC(C)c1c[cH-]c2ccccc12.C[C](C)=[Zr]([Cl])[Cl]. The Labute approximate surface area is 222 Å². The van der Waals surface area contributed by atoms with Crippen LogP contribution in [0.4, 0.5) is 0 Å². The Hall–Kier alpha value is -1.01. The van der Waals surface area contributed by atoms with Gasteiger partial charge in [0, 0.05) is 0 Å². The third-order valence-electron chi connectivity index (χ3n) is 6.31. The van der Waals surface area contributed by atoms with E-state index < -0.39 is 18.9 Å². The van der Waals surface area contributed by atoms with Crippen LogP contribution < -0.4 is 0 Å². The second kappa shape index (κ2) is 15.2. The number of hydrogen-bond acceptors (Lipinski definition) is 0. The molecule has 3 heteroatoms. The van der Waals surface area contributed by atoms with Crippen LogP contribution in [0.2, 0.25) is 0 Å². The molecule has 0 heterocycles. The number of fused-ring (bicyclic) bond motifs is 2. The first kappa shape index (κ1) is 29.2. The van der Waals surface area contributed by atoms with Gasteiger partial charge >= 0.3 is 53.0 Å². The standard InChI is InChI=1S/2C14H17.C3H6.2ClH.Zr/c2*1-3-6-11(2)13-10-9-12-7-4-5-8-14(12)13;1-3-2;;;/h2*4-5,7-11H,3,6H2,1-2H3;1-2H3;2*1H;/q2*-1;;;;+2/p-2. The van der Waals surface area contributed by atoms with E-state index in [1.807, 2.05) is 13.8 Å². The molecule has 0 bridgehead atoms. The second-order valence-electron chi connectivity index (χ2n) is 9.39. The normalized spacial score (nSPS) is 12.4. The summed E-state index contributed by atoms with van der Waals surface area (Å²) in [5.41, 5.74) is 3.03. The monoisotopic (exact) mass is 572 g/mol. The Kier molecular flexibility index (Phi) is 13.0. The van der Waals surface area contributed by atoms with E-state index >= 15 is 0 Å². The van der Waals surface area contributed by atoms with Crippen molar-refractivity contribution in [1.29, 1.82) is 0 Å². The summed E-state index contributed by atoms with van der Waals surface area (Å²) in [5.74, 6) is 1.39. The molecule has 0 aliphatic carbocycles. The molecular weight excluding hydrogens is 534 g/mol. The van der Waals surface area contributed by atoms with Gasteiger partial charge in [0.25, 0.3) is 0 Å². The van der Waals surface area contributed by atoms with Crippen molar-refractivity contribution in [3.05, 3.63) is 83.9 Å². The molecule has 0 radical (unpaired) electrons. The topological polar surface area (TPSA) is 0 Å². The molecule has 0 aliphatic rings. The first-order chi connectivity index (χ1) is 16.3. The average molecular weight is 575 g/mol. The molecule has 4 rings (SSSR count). The summed E-state index contributed by atoms with van der Waals surface area (Å²) in [6, 6.07) is 26.4. The molecule has 4 aromatic rings. The van der Waals surface area contributed by atoms with E-state index in [2.05, 4.69) is 100 Å². The quantitative estimate of drug-likeness (QED) is 0.201. The van der Waals surface area contributed by atoms with E-state index in [1.54, 1.807) is 0 Å². The van der Waals surface area contributed by atoms with Gasteiger partial charge in [0.05, 0.1) is 0 Å². The van der Waals surface area contributed by atoms with E-state index in [9.17, 15) is 0 Å². The first-order valence-corrected chi connectivity index (χ1v) is 20.1. The maximum atomic E-state index is 5.54. The van der Waals surface area contributed by atoms with Gasteiger partial charge in [0.2, 0.25) is 0 Å². The molecule has 0 N–H and O–H groups in total. The molecule has 0 saturated carbocycles. The van der Waals surface area contributed by atoms with E-state index in [1.165, 1.54) is 61.6 Å². The van der Waals surface area contributed by atoms with Crippen LogP contribution in [0, 0.1) is 0 Å². The van der Waals surface area contributed by atoms with Crippen molar-refractivity contribution >= 4 is 41.8 Å². The van der Waals surface area contributed by atoms with Crippen LogP contribution in [0.25, 0.3) is 21.5 Å². The van der Waals surface area contributed by atoms with Gasteiger partial charge in [0.15, 0.2) is 0 Å². The fourth-order valence-corrected chi connectivity index (χ4v) is 4.39. The van der Waals surface area contributed by atoms with E-state index in [0.29, 0.717) is 11.8 Å². The van der Waals surface area contributed by atoms with Gasteiger partial charge in [-0.25, -0.2) is 0 Å². The minimum atomic E-state index is -1.84. The third kappa shape index (κ3) is 8.58. The fourth-order valence-electron chi connectivity index (χ4n) is 4.39. The van der Waals surface area contributed by atoms with Gasteiger partial charge in [-0.3, -0.25) is 0 Å². The van der Waals surface area contributed by atoms with E-state index in [0.717, 1.165) is 0 Å². The van der Waals surface area contributed by atoms with Crippen LogP contribution in [0.3, 0.4) is 0 Å². The zero-order valence-corrected chi connectivity index (χ0v) is 25.6. The average Bonchev–Trinajstić information content (AvgIpc) is 3.45. The van der Waals surface area contributed by atoms with E-state index in [-0.39, 0.29) is 0 Å². The van der Waals surface area contributed by atoms with Crippen LogP contribution in [0.1, 0.15) is 90.2 Å². The van der Waals surface area contributed by atoms with Crippen LogP contribution in [0.15, 0.2) is 72.8 Å². The Morgan fingerprint density at radius 3 is 1.41 bits per heavy atom. The molecule has 0 fully saturated rings. The van der Waals surface area contributed by atoms with Crippen LogP contribution >= 0.6 is 17.0 Å². The van der Waals surface area contributed by atoms with Gasteiger partial charge < -0.3 is 0 Å². The summed E-state index contributed by atoms with van der Waals surface area (Å²) >= 11 is -1.84. The van der Waals surface area contributed by atoms with E-state index in [4.69, 9.17) is 17.0 Å². The summed E-state index contributed by atoms with van der Waals surface area (Å²) in [7, 11) is 11.1. The van der Waals surface area contributed by atoms with Crippen molar-refractivity contribution < 1.29 is 18.9 Å². The van der Waals surface area contributed by atoms with Crippen LogP contribution in [-0.2, 0) is 18.9 Å². The molecule has 0 spiro atoms. The summed E-state index contributed by atoms with van der Waals surface area (Å²) in [4.78, 5) is 0. The summed E-state index contributed by atoms with van der Waals surface area (Å²) in [5, 5.41) is 5.64. The van der Waals surface area contributed by atoms with Gasteiger partial charge in [-0.1, -0.05) is 77.3 Å². The zero-order chi connectivity index (χ0) is 25.1. The molecule has 4 aromatic carbocycles. The van der Waals surface area contributed by atoms with Crippen molar-refractivity contribution in [2.75, 3.05) is 0 Å². The van der Waals surface area contributed by atoms with Crippen LogP contribution in [0.5, 0.6) is 0 Å². The molecule has 184 valence electrons. The number of rotatable bonds is 6. The van der Waals surface area contributed by atoms with Crippen molar-refractivity contribution in [1.82, 2.24) is 0 Å². The number of benzene rings is 2. The Morgan fingerprint density at radius 1 is 0.735 bits per heavy atom. The molecule has 2 atom stereocenters. The predicted molar refractivity (Wildman–Crippen MR) is 154 cm³/mol. The molecule has 0 aromatic heterocycles. The van der Waals surface area contributed by atoms with Gasteiger partial charge in [-0.15, -0.1) is 82.2 Å². The summed E-state index contributed by atoms with van der Waals surface area (Å²) in [6.07, 6.45) is 5.10. The fraction of sp³-hybridized carbons (Fsp3) is 0.387. The van der Waals surface area contributed by atoms with Gasteiger partial charge in [0.1, 0.15) is 0 Å². The Bertz CT molecular complexity index is 1060. The molecule has 2 unspecified atom stereocenters. The molecular formula is C31H40Cl2Zr-2. The van der Waals surface area contributed by atoms with Gasteiger partial charge in [-0.05, 0) is 0 Å². The molecule has 0 aliphatic heterocycles. The predicted octanol–water partition coefficient (Wildman–Crippen LogP) is 11.0. The van der Waals surface area contributed by atoms with Crippen molar-refractivity contribution in [2.24, 2.45) is 0 Å². The third-order valence-corrected chi connectivity index (χ3v) is 12.6. The molecule has 0 amide bonds.